The summed E-state index contributed by atoms with van der Waals surface area (Å²) in [7, 11) is 0. The molecule has 1 aliphatic carbocycles. The normalized spacial score (nSPS) is 14.1. The molecule has 184 valence electrons. The molecule has 6 aromatic carbocycles. The Morgan fingerprint density at radius 3 is 2.23 bits per heavy atom. The van der Waals surface area contributed by atoms with E-state index in [0.717, 1.165) is 0 Å². The highest BCUT2D eigenvalue weighted by Crippen LogP contribution is 2.53. The van der Waals surface area contributed by atoms with E-state index in [1.807, 2.05) is 11.3 Å². The number of para-hydroxylation sites is 1. The Morgan fingerprint density at radius 2 is 1.31 bits per heavy atom. The van der Waals surface area contributed by atoms with E-state index in [1.165, 1.54) is 80.7 Å². The highest BCUT2D eigenvalue weighted by Gasteiger charge is 2.36. The van der Waals surface area contributed by atoms with Gasteiger partial charge < -0.3 is 4.57 Å². The van der Waals surface area contributed by atoms with E-state index in [0.29, 0.717) is 0 Å². The van der Waals surface area contributed by atoms with Crippen LogP contribution in [0.2, 0.25) is 0 Å². The molecule has 0 atom stereocenters. The predicted octanol–water partition coefficient (Wildman–Crippen LogP) is 10.6. The second kappa shape index (κ2) is 7.37. The molecule has 0 amide bonds. The third-order valence-electron chi connectivity index (χ3n) is 8.98. The Hall–Kier alpha value is -4.40. The number of nitrogens with zero attached hydrogens (tertiary/aromatic N) is 1. The molecular weight excluding hydrogens is 490 g/mol. The van der Waals surface area contributed by atoms with Crippen molar-refractivity contribution in [1.82, 2.24) is 4.57 Å². The van der Waals surface area contributed by atoms with Gasteiger partial charge in [0.15, 0.2) is 0 Å². The van der Waals surface area contributed by atoms with Gasteiger partial charge in [-0.2, -0.15) is 0 Å². The Balaban J connectivity index is 1.48. The summed E-state index contributed by atoms with van der Waals surface area (Å²) in [6.45, 7) is 4.74. The highest BCUT2D eigenvalue weighted by atomic mass is 32.1. The molecule has 8 aromatic rings. The van der Waals surface area contributed by atoms with Crippen molar-refractivity contribution >= 4 is 64.1 Å². The zero-order valence-electron chi connectivity index (χ0n) is 21.8. The number of aromatic nitrogens is 1. The summed E-state index contributed by atoms with van der Waals surface area (Å²) in [5.74, 6) is 0. The van der Waals surface area contributed by atoms with Crippen molar-refractivity contribution in [2.45, 2.75) is 19.3 Å². The SMILES string of the molecule is CC1(C)c2ccccc2-c2c1ccc1ccc3c4ccccc4n(-c4ccc5c(c4)sc4ccccc45)c3c21. The molecule has 39 heavy (non-hydrogen) atoms. The lowest BCUT2D eigenvalue weighted by molar-refractivity contribution is 0.661. The molecule has 0 radical (unpaired) electrons. The Bertz CT molecular complexity index is 2310. The van der Waals surface area contributed by atoms with Crippen LogP contribution < -0.4 is 0 Å². The number of rotatable bonds is 1. The van der Waals surface area contributed by atoms with Crippen LogP contribution in [0.5, 0.6) is 0 Å². The Labute approximate surface area is 230 Å². The minimum absolute atomic E-state index is 0.0326. The second-order valence-corrected chi connectivity index (χ2v) is 12.4. The predicted molar refractivity (Wildman–Crippen MR) is 169 cm³/mol. The van der Waals surface area contributed by atoms with E-state index >= 15 is 0 Å². The molecule has 0 N–H and O–H groups in total. The fourth-order valence-electron chi connectivity index (χ4n) is 7.18. The monoisotopic (exact) mass is 515 g/mol. The van der Waals surface area contributed by atoms with Gasteiger partial charge in [0.2, 0.25) is 0 Å². The van der Waals surface area contributed by atoms with Crippen LogP contribution in [0.3, 0.4) is 0 Å². The van der Waals surface area contributed by atoms with Gasteiger partial charge in [-0.1, -0.05) is 105 Å². The Morgan fingerprint density at radius 1 is 0.590 bits per heavy atom. The molecular formula is C37H25NS. The molecule has 0 fully saturated rings. The van der Waals surface area contributed by atoms with Crippen LogP contribution >= 0.6 is 11.3 Å². The van der Waals surface area contributed by atoms with E-state index in [4.69, 9.17) is 0 Å². The zero-order valence-corrected chi connectivity index (χ0v) is 22.6. The molecule has 2 heteroatoms. The summed E-state index contributed by atoms with van der Waals surface area (Å²) in [4.78, 5) is 0. The largest absolute Gasteiger partial charge is 0.309 e. The van der Waals surface area contributed by atoms with Gasteiger partial charge in [-0.25, -0.2) is 0 Å². The summed E-state index contributed by atoms with van der Waals surface area (Å²) < 4.78 is 5.19. The number of hydrogen-bond donors (Lipinski definition) is 0. The third kappa shape index (κ3) is 2.69. The number of fused-ring (bicyclic) bond motifs is 12. The van der Waals surface area contributed by atoms with Crippen molar-refractivity contribution < 1.29 is 0 Å². The van der Waals surface area contributed by atoms with Crippen molar-refractivity contribution in [3.05, 3.63) is 126 Å². The van der Waals surface area contributed by atoms with E-state index in [9.17, 15) is 0 Å². The second-order valence-electron chi connectivity index (χ2n) is 11.3. The van der Waals surface area contributed by atoms with E-state index in [-0.39, 0.29) is 5.41 Å². The van der Waals surface area contributed by atoms with Gasteiger partial charge in [-0.05, 0) is 51.9 Å². The summed E-state index contributed by atoms with van der Waals surface area (Å²) in [5, 5.41) is 7.94. The first-order valence-electron chi connectivity index (χ1n) is 13.6. The van der Waals surface area contributed by atoms with Crippen LogP contribution in [-0.4, -0.2) is 4.57 Å². The van der Waals surface area contributed by atoms with Gasteiger partial charge in [0.25, 0.3) is 0 Å². The van der Waals surface area contributed by atoms with Crippen LogP contribution in [0.15, 0.2) is 115 Å². The summed E-state index contributed by atoms with van der Waals surface area (Å²) in [6.07, 6.45) is 0. The zero-order chi connectivity index (χ0) is 25.9. The smallest absolute Gasteiger partial charge is 0.0625 e. The number of thiophene rings is 1. The average Bonchev–Trinajstić information content (AvgIpc) is 3.58. The molecule has 9 rings (SSSR count). The standard InChI is InChI=1S/C37H25NS/c1-37(2)29-12-6-3-11-28(29)35-30(37)20-16-22-15-18-27-24-9-4-7-13-31(24)38(36(27)34(22)35)23-17-19-26-25-10-5-8-14-32(25)39-33(26)21-23/h3-21H,1-2H3. The number of benzene rings is 6. The lowest BCUT2D eigenvalue weighted by Gasteiger charge is -2.21. The van der Waals surface area contributed by atoms with Crippen molar-refractivity contribution in [2.24, 2.45) is 0 Å². The maximum atomic E-state index is 2.52. The van der Waals surface area contributed by atoms with Gasteiger partial charge >= 0.3 is 0 Å². The average molecular weight is 516 g/mol. The van der Waals surface area contributed by atoms with Gasteiger partial charge in [0, 0.05) is 47.4 Å². The molecule has 0 spiro atoms. The molecule has 1 nitrogen and oxygen atoms in total. The third-order valence-corrected chi connectivity index (χ3v) is 10.1. The fourth-order valence-corrected chi connectivity index (χ4v) is 8.32. The van der Waals surface area contributed by atoms with Crippen molar-refractivity contribution in [2.75, 3.05) is 0 Å². The Kier molecular flexibility index (Phi) is 4.07. The highest BCUT2D eigenvalue weighted by molar-refractivity contribution is 7.25. The first-order valence-corrected chi connectivity index (χ1v) is 14.4. The van der Waals surface area contributed by atoms with Crippen molar-refractivity contribution in [1.29, 1.82) is 0 Å². The number of hydrogen-bond acceptors (Lipinski definition) is 1. The summed E-state index contributed by atoms with van der Waals surface area (Å²) >= 11 is 1.88. The van der Waals surface area contributed by atoms with Crippen molar-refractivity contribution in [3.63, 3.8) is 0 Å². The van der Waals surface area contributed by atoms with E-state index in [2.05, 4.69) is 134 Å². The lowest BCUT2D eigenvalue weighted by atomic mass is 9.82. The molecule has 0 saturated carbocycles. The van der Waals surface area contributed by atoms with Crippen LogP contribution in [-0.2, 0) is 5.41 Å². The minimum Gasteiger partial charge on any atom is -0.309 e. The maximum absolute atomic E-state index is 2.52. The first kappa shape index (κ1) is 21.5. The lowest BCUT2D eigenvalue weighted by Crippen LogP contribution is -2.14. The minimum atomic E-state index is -0.0326. The summed E-state index contributed by atoms with van der Waals surface area (Å²) in [6, 6.07) is 43.0. The van der Waals surface area contributed by atoms with Crippen LogP contribution in [0.1, 0.15) is 25.0 Å². The van der Waals surface area contributed by atoms with Gasteiger partial charge in [0.1, 0.15) is 0 Å². The van der Waals surface area contributed by atoms with Crippen LogP contribution in [0, 0.1) is 0 Å². The molecule has 0 aliphatic heterocycles. The van der Waals surface area contributed by atoms with Crippen LogP contribution in [0.25, 0.3) is 69.6 Å². The molecule has 0 saturated heterocycles. The van der Waals surface area contributed by atoms with Gasteiger partial charge in [-0.3, -0.25) is 0 Å². The summed E-state index contributed by atoms with van der Waals surface area (Å²) in [5.41, 5.74) is 9.34. The molecule has 0 unspecified atom stereocenters. The quantitative estimate of drug-likeness (QED) is 0.205. The fraction of sp³-hybridized carbons (Fsp3) is 0.0811. The van der Waals surface area contributed by atoms with Crippen molar-refractivity contribution in [3.8, 4) is 16.8 Å². The molecule has 1 aliphatic rings. The maximum Gasteiger partial charge on any atom is 0.0625 e. The first-order chi connectivity index (χ1) is 19.1. The molecule has 0 bridgehead atoms. The van der Waals surface area contributed by atoms with E-state index in [1.54, 1.807) is 0 Å². The molecule has 2 aromatic heterocycles. The van der Waals surface area contributed by atoms with Crippen LogP contribution in [0.4, 0.5) is 0 Å². The van der Waals surface area contributed by atoms with Gasteiger partial charge in [0.05, 0.1) is 11.0 Å². The van der Waals surface area contributed by atoms with E-state index < -0.39 is 0 Å². The van der Waals surface area contributed by atoms with Gasteiger partial charge in [-0.15, -0.1) is 11.3 Å². The molecule has 2 heterocycles. The topological polar surface area (TPSA) is 4.93 Å².